The first kappa shape index (κ1) is 15.8. The van der Waals surface area contributed by atoms with Crippen molar-refractivity contribution in [3.05, 3.63) is 60.4 Å². The average Bonchev–Trinajstić information content (AvgIpc) is 3.07. The van der Waals surface area contributed by atoms with E-state index in [1.54, 1.807) is 12.5 Å². The summed E-state index contributed by atoms with van der Waals surface area (Å²) in [7, 11) is 1.95. The number of carbonyl (C=O) groups is 1. The molecule has 0 saturated carbocycles. The fourth-order valence-electron chi connectivity index (χ4n) is 3.37. The van der Waals surface area contributed by atoms with Crippen LogP contribution in [0.15, 0.2) is 49.1 Å². The Bertz CT molecular complexity index is 900. The van der Waals surface area contributed by atoms with E-state index in [9.17, 15) is 4.79 Å². The molecule has 1 N–H and O–H groups in total. The van der Waals surface area contributed by atoms with E-state index in [1.807, 2.05) is 48.1 Å². The van der Waals surface area contributed by atoms with Crippen LogP contribution in [0.1, 0.15) is 35.1 Å². The van der Waals surface area contributed by atoms with E-state index < -0.39 is 0 Å². The van der Waals surface area contributed by atoms with Gasteiger partial charge in [0.2, 0.25) is 0 Å². The number of imidazole rings is 1. The number of rotatable bonds is 3. The number of carbonyl (C=O) groups excluding carboxylic acids is 1. The predicted octanol–water partition coefficient (Wildman–Crippen LogP) is 2.62. The summed E-state index contributed by atoms with van der Waals surface area (Å²) in [5.74, 6) is -0.132. The maximum atomic E-state index is 12.8. The second-order valence-electron chi connectivity index (χ2n) is 6.36. The third kappa shape index (κ3) is 3.13. The molecule has 4 rings (SSSR count). The summed E-state index contributed by atoms with van der Waals surface area (Å²) in [5, 5.41) is 5.02. The van der Waals surface area contributed by atoms with Crippen molar-refractivity contribution in [1.82, 2.24) is 19.9 Å². The first-order chi connectivity index (χ1) is 12.2. The van der Waals surface area contributed by atoms with Crippen LogP contribution in [0.25, 0.3) is 10.8 Å². The molecule has 1 aromatic carbocycles. The van der Waals surface area contributed by atoms with Gasteiger partial charge in [0, 0.05) is 31.3 Å². The third-order valence-corrected chi connectivity index (χ3v) is 4.69. The maximum absolute atomic E-state index is 12.8. The van der Waals surface area contributed by atoms with Crippen LogP contribution >= 0.6 is 0 Å². The monoisotopic (exact) mass is 336 g/mol. The normalized spacial score (nSPS) is 20.5. The Balaban J connectivity index is 1.51. The summed E-state index contributed by atoms with van der Waals surface area (Å²) in [5.41, 5.74) is 1.50. The zero-order valence-corrected chi connectivity index (χ0v) is 14.1. The Hall–Kier alpha value is -2.73. The molecule has 2 aromatic heterocycles. The molecule has 2 unspecified atom stereocenters. The highest BCUT2D eigenvalue weighted by Crippen LogP contribution is 2.28. The number of hydrogen-bond donors (Lipinski definition) is 1. The zero-order valence-electron chi connectivity index (χ0n) is 14.1. The standard InChI is InChI=1S/C19H20N4O2/c1-23-12-20-11-16(23)17-10-14(7-9-25-17)22-19(24)18-15-5-3-2-4-13(15)6-8-21-18/h2-6,8,11-12,14,17H,7,9-10H2,1H3,(H,22,24). The lowest BCUT2D eigenvalue weighted by atomic mass is 10.0. The average molecular weight is 336 g/mol. The second-order valence-corrected chi connectivity index (χ2v) is 6.36. The SMILES string of the molecule is Cn1cncc1C1CC(NC(=O)c2nccc3ccccc23)CCO1. The minimum Gasteiger partial charge on any atom is -0.372 e. The van der Waals surface area contributed by atoms with Gasteiger partial charge in [-0.25, -0.2) is 4.98 Å². The number of amides is 1. The van der Waals surface area contributed by atoms with E-state index in [0.29, 0.717) is 12.3 Å². The Morgan fingerprint density at radius 2 is 2.20 bits per heavy atom. The molecule has 0 bridgehead atoms. The quantitative estimate of drug-likeness (QED) is 0.798. The van der Waals surface area contributed by atoms with Crippen molar-refractivity contribution in [2.45, 2.75) is 25.0 Å². The van der Waals surface area contributed by atoms with Crippen LogP contribution in [0.4, 0.5) is 0 Å². The largest absolute Gasteiger partial charge is 0.372 e. The first-order valence-corrected chi connectivity index (χ1v) is 8.45. The van der Waals surface area contributed by atoms with Crippen LogP contribution in [0.5, 0.6) is 0 Å². The number of pyridine rings is 1. The van der Waals surface area contributed by atoms with Gasteiger partial charge in [0.15, 0.2) is 0 Å². The molecule has 1 amide bonds. The van der Waals surface area contributed by atoms with Crippen molar-refractivity contribution in [1.29, 1.82) is 0 Å². The molecule has 1 aliphatic heterocycles. The van der Waals surface area contributed by atoms with Gasteiger partial charge in [-0.15, -0.1) is 0 Å². The summed E-state index contributed by atoms with van der Waals surface area (Å²) in [6, 6.07) is 9.77. The molecule has 0 spiro atoms. The number of ether oxygens (including phenoxy) is 1. The molecule has 3 heterocycles. The highest BCUT2D eigenvalue weighted by molar-refractivity contribution is 6.05. The molecule has 2 atom stereocenters. The second kappa shape index (κ2) is 6.64. The molecular formula is C19H20N4O2. The van der Waals surface area contributed by atoms with Gasteiger partial charge in [0.1, 0.15) is 11.8 Å². The van der Waals surface area contributed by atoms with E-state index in [2.05, 4.69) is 15.3 Å². The fraction of sp³-hybridized carbons (Fsp3) is 0.316. The molecule has 1 aliphatic rings. The van der Waals surface area contributed by atoms with Gasteiger partial charge in [-0.2, -0.15) is 0 Å². The lowest BCUT2D eigenvalue weighted by Gasteiger charge is -2.30. The number of fused-ring (bicyclic) bond motifs is 1. The van der Waals surface area contributed by atoms with Crippen LogP contribution in [0.2, 0.25) is 0 Å². The maximum Gasteiger partial charge on any atom is 0.270 e. The number of benzene rings is 1. The molecule has 1 saturated heterocycles. The van der Waals surface area contributed by atoms with Crippen LogP contribution in [0, 0.1) is 0 Å². The smallest absolute Gasteiger partial charge is 0.270 e. The third-order valence-electron chi connectivity index (χ3n) is 4.69. The highest BCUT2D eigenvalue weighted by atomic mass is 16.5. The van der Waals surface area contributed by atoms with E-state index >= 15 is 0 Å². The number of aromatic nitrogens is 3. The van der Waals surface area contributed by atoms with Gasteiger partial charge in [0.25, 0.3) is 5.91 Å². The molecule has 0 radical (unpaired) electrons. The number of hydrogen-bond acceptors (Lipinski definition) is 4. The molecule has 25 heavy (non-hydrogen) atoms. The van der Waals surface area contributed by atoms with Crippen molar-refractivity contribution in [3.8, 4) is 0 Å². The van der Waals surface area contributed by atoms with Crippen molar-refractivity contribution in [3.63, 3.8) is 0 Å². The molecule has 6 nitrogen and oxygen atoms in total. The highest BCUT2D eigenvalue weighted by Gasteiger charge is 2.27. The predicted molar refractivity (Wildman–Crippen MR) is 94.1 cm³/mol. The van der Waals surface area contributed by atoms with Crippen molar-refractivity contribution in [2.24, 2.45) is 7.05 Å². The molecule has 128 valence electrons. The topological polar surface area (TPSA) is 69.0 Å². The zero-order chi connectivity index (χ0) is 17.2. The summed E-state index contributed by atoms with van der Waals surface area (Å²) >= 11 is 0. The van der Waals surface area contributed by atoms with Crippen LogP contribution in [-0.4, -0.2) is 33.1 Å². The summed E-state index contributed by atoms with van der Waals surface area (Å²) in [6.45, 7) is 0.615. The summed E-state index contributed by atoms with van der Waals surface area (Å²) in [4.78, 5) is 21.2. The summed E-state index contributed by atoms with van der Waals surface area (Å²) < 4.78 is 7.82. The van der Waals surface area contributed by atoms with Gasteiger partial charge in [-0.05, 0) is 24.3 Å². The van der Waals surface area contributed by atoms with Gasteiger partial charge in [-0.1, -0.05) is 24.3 Å². The number of aryl methyl sites for hydroxylation is 1. The van der Waals surface area contributed by atoms with E-state index in [-0.39, 0.29) is 18.1 Å². The van der Waals surface area contributed by atoms with Crippen molar-refractivity contribution in [2.75, 3.05) is 6.61 Å². The van der Waals surface area contributed by atoms with E-state index in [1.165, 1.54) is 0 Å². The van der Waals surface area contributed by atoms with E-state index in [0.717, 1.165) is 29.3 Å². The Morgan fingerprint density at radius 3 is 3.04 bits per heavy atom. The van der Waals surface area contributed by atoms with Crippen LogP contribution < -0.4 is 5.32 Å². The lowest BCUT2D eigenvalue weighted by Crippen LogP contribution is -2.40. The summed E-state index contributed by atoms with van der Waals surface area (Å²) in [6.07, 6.45) is 6.75. The van der Waals surface area contributed by atoms with Crippen molar-refractivity contribution < 1.29 is 9.53 Å². The Kier molecular flexibility index (Phi) is 4.19. The van der Waals surface area contributed by atoms with E-state index in [4.69, 9.17) is 4.74 Å². The van der Waals surface area contributed by atoms with Crippen LogP contribution in [0.3, 0.4) is 0 Å². The number of nitrogens with zero attached hydrogens (tertiary/aromatic N) is 3. The first-order valence-electron chi connectivity index (χ1n) is 8.45. The minimum atomic E-state index is -0.132. The molecule has 6 heteroatoms. The van der Waals surface area contributed by atoms with Gasteiger partial charge >= 0.3 is 0 Å². The molecular weight excluding hydrogens is 316 g/mol. The Labute approximate surface area is 145 Å². The Morgan fingerprint density at radius 1 is 1.32 bits per heavy atom. The number of nitrogens with one attached hydrogen (secondary N) is 1. The van der Waals surface area contributed by atoms with Gasteiger partial charge < -0.3 is 14.6 Å². The molecule has 0 aliphatic carbocycles. The van der Waals surface area contributed by atoms with Gasteiger partial charge in [-0.3, -0.25) is 9.78 Å². The molecule has 1 fully saturated rings. The molecule has 3 aromatic rings. The van der Waals surface area contributed by atoms with Gasteiger partial charge in [0.05, 0.1) is 18.2 Å². The van der Waals surface area contributed by atoms with Crippen molar-refractivity contribution >= 4 is 16.7 Å². The minimum absolute atomic E-state index is 0.0490. The van der Waals surface area contributed by atoms with Crippen LogP contribution in [-0.2, 0) is 11.8 Å². The fourth-order valence-corrected chi connectivity index (χ4v) is 3.37. The lowest BCUT2D eigenvalue weighted by molar-refractivity contribution is -0.00303.